The third-order valence-electron chi connectivity index (χ3n) is 1.09. The van der Waals surface area contributed by atoms with E-state index in [1.807, 2.05) is 30.3 Å². The van der Waals surface area contributed by atoms with Crippen LogP contribution in [0, 0.1) is 0 Å². The summed E-state index contributed by atoms with van der Waals surface area (Å²) >= 11 is 0. The first-order valence-corrected chi connectivity index (χ1v) is 3.28. The average molecular weight is 150 g/mol. The Bertz CT molecular complexity index is 193. The smallest absolute Gasteiger partial charge is 0.537 e. The normalized spacial score (nSPS) is 9.18. The topological polar surface area (TPSA) is 44.5 Å². The molecular weight excluding hydrogens is 141 g/mol. The number of benzene rings is 1. The maximum absolute atomic E-state index is 5.06. The van der Waals surface area contributed by atoms with Crippen LogP contribution in [0.3, 0.4) is 0 Å². The third kappa shape index (κ3) is 3.07. The van der Waals surface area contributed by atoms with Gasteiger partial charge in [0.1, 0.15) is 0 Å². The molecule has 0 saturated carbocycles. The van der Waals surface area contributed by atoms with Crippen molar-refractivity contribution in [3.8, 4) is 5.75 Å². The predicted octanol–water partition coefficient (Wildman–Crippen LogP) is 0.532. The summed E-state index contributed by atoms with van der Waals surface area (Å²) < 4.78 is 9.69. The van der Waals surface area contributed by atoms with Gasteiger partial charge in [-0.2, -0.15) is 0 Å². The minimum absolute atomic E-state index is 0.132. The fraction of sp³-hybridized carbons (Fsp3) is 0.143. The van der Waals surface area contributed by atoms with Crippen molar-refractivity contribution in [1.82, 2.24) is 0 Å². The Hall–Kier alpha value is -0.995. The summed E-state index contributed by atoms with van der Waals surface area (Å²) in [5.74, 6) is 0.737. The van der Waals surface area contributed by atoms with Crippen molar-refractivity contribution in [1.29, 1.82) is 0 Å². The van der Waals surface area contributed by atoms with Crippen LogP contribution in [0.4, 0.5) is 0 Å². The van der Waals surface area contributed by atoms with Gasteiger partial charge in [0, 0.05) is 0 Å². The lowest BCUT2D eigenvalue weighted by molar-refractivity contribution is 0.299. The SMILES string of the molecule is NCO[B]Oc1ccccc1. The molecule has 0 atom stereocenters. The summed E-state index contributed by atoms with van der Waals surface area (Å²) in [5, 5.41) is 0. The number of hydrogen-bond donors (Lipinski definition) is 1. The van der Waals surface area contributed by atoms with Gasteiger partial charge in [0.2, 0.25) is 0 Å². The summed E-state index contributed by atoms with van der Waals surface area (Å²) in [6.45, 7) is 0.132. The van der Waals surface area contributed by atoms with Crippen molar-refractivity contribution in [2.45, 2.75) is 0 Å². The highest BCUT2D eigenvalue weighted by Gasteiger charge is 1.94. The van der Waals surface area contributed by atoms with Gasteiger partial charge in [0.05, 0.1) is 12.5 Å². The minimum Gasteiger partial charge on any atom is -0.537 e. The number of para-hydroxylation sites is 1. The summed E-state index contributed by atoms with van der Waals surface area (Å²) in [7, 11) is 1.22. The average Bonchev–Trinajstić information content (AvgIpc) is 2.07. The number of hydrogen-bond acceptors (Lipinski definition) is 3. The van der Waals surface area contributed by atoms with E-state index in [2.05, 4.69) is 4.65 Å². The van der Waals surface area contributed by atoms with Gasteiger partial charge in [-0.15, -0.1) is 0 Å². The van der Waals surface area contributed by atoms with E-state index in [1.165, 1.54) is 7.69 Å². The van der Waals surface area contributed by atoms with Crippen molar-refractivity contribution >= 4 is 7.69 Å². The fourth-order valence-corrected chi connectivity index (χ4v) is 0.628. The molecule has 1 aromatic rings. The Labute approximate surface area is 66.4 Å². The maximum atomic E-state index is 5.06. The van der Waals surface area contributed by atoms with Gasteiger partial charge in [-0.25, -0.2) is 0 Å². The number of nitrogens with two attached hydrogens (primary N) is 1. The van der Waals surface area contributed by atoms with Crippen LogP contribution >= 0.6 is 0 Å². The molecule has 0 aromatic heterocycles. The molecule has 1 aromatic carbocycles. The van der Waals surface area contributed by atoms with Gasteiger partial charge < -0.3 is 15.0 Å². The zero-order valence-electron chi connectivity index (χ0n) is 6.07. The molecule has 0 saturated heterocycles. The first-order chi connectivity index (χ1) is 5.43. The molecule has 11 heavy (non-hydrogen) atoms. The molecule has 57 valence electrons. The van der Waals surface area contributed by atoms with Gasteiger partial charge in [-0.1, -0.05) is 18.2 Å². The van der Waals surface area contributed by atoms with Crippen LogP contribution in [0.5, 0.6) is 5.75 Å². The zero-order valence-corrected chi connectivity index (χ0v) is 6.07. The molecule has 0 spiro atoms. The van der Waals surface area contributed by atoms with Crippen LogP contribution in [0.1, 0.15) is 0 Å². The second kappa shape index (κ2) is 4.76. The molecule has 3 nitrogen and oxygen atoms in total. The summed E-state index contributed by atoms with van der Waals surface area (Å²) in [6, 6.07) is 9.33. The third-order valence-corrected chi connectivity index (χ3v) is 1.09. The van der Waals surface area contributed by atoms with Crippen molar-refractivity contribution in [3.05, 3.63) is 30.3 Å². The van der Waals surface area contributed by atoms with E-state index < -0.39 is 0 Å². The lowest BCUT2D eigenvalue weighted by atomic mass is 10.3. The second-order valence-electron chi connectivity index (χ2n) is 1.86. The monoisotopic (exact) mass is 150 g/mol. The minimum atomic E-state index is 0.132. The van der Waals surface area contributed by atoms with E-state index in [-0.39, 0.29) is 6.73 Å². The molecule has 0 aliphatic rings. The Morgan fingerprint density at radius 1 is 1.27 bits per heavy atom. The van der Waals surface area contributed by atoms with E-state index in [0.29, 0.717) is 0 Å². The second-order valence-corrected chi connectivity index (χ2v) is 1.86. The maximum Gasteiger partial charge on any atom is 0.573 e. The molecule has 0 amide bonds. The quantitative estimate of drug-likeness (QED) is 0.386. The van der Waals surface area contributed by atoms with E-state index in [1.54, 1.807) is 0 Å². The summed E-state index contributed by atoms with van der Waals surface area (Å²) in [4.78, 5) is 0. The molecule has 0 fully saturated rings. The fourth-order valence-electron chi connectivity index (χ4n) is 0.628. The van der Waals surface area contributed by atoms with Crippen molar-refractivity contribution < 1.29 is 9.31 Å². The molecule has 0 aliphatic heterocycles. The summed E-state index contributed by atoms with van der Waals surface area (Å²) in [5.41, 5.74) is 5.06. The lowest BCUT2D eigenvalue weighted by Crippen LogP contribution is -2.13. The van der Waals surface area contributed by atoms with Crippen LogP contribution in [-0.2, 0) is 4.65 Å². The molecule has 1 radical (unpaired) electrons. The first-order valence-electron chi connectivity index (χ1n) is 3.28. The Balaban J connectivity index is 2.28. The van der Waals surface area contributed by atoms with Gasteiger partial charge in [-0.3, -0.25) is 0 Å². The molecule has 1 rings (SSSR count). The first kappa shape index (κ1) is 8.10. The summed E-state index contributed by atoms with van der Waals surface area (Å²) in [6.07, 6.45) is 0. The van der Waals surface area contributed by atoms with Gasteiger partial charge in [-0.05, 0) is 12.1 Å². The van der Waals surface area contributed by atoms with Crippen LogP contribution < -0.4 is 10.4 Å². The Morgan fingerprint density at radius 3 is 2.64 bits per heavy atom. The van der Waals surface area contributed by atoms with Gasteiger partial charge in [0.15, 0.2) is 0 Å². The van der Waals surface area contributed by atoms with E-state index in [4.69, 9.17) is 10.4 Å². The lowest BCUT2D eigenvalue weighted by Gasteiger charge is -2.01. The molecule has 0 unspecified atom stereocenters. The van der Waals surface area contributed by atoms with Crippen LogP contribution in [0.15, 0.2) is 30.3 Å². The van der Waals surface area contributed by atoms with Crippen molar-refractivity contribution in [3.63, 3.8) is 0 Å². The highest BCUT2D eigenvalue weighted by molar-refractivity contribution is 6.19. The van der Waals surface area contributed by atoms with E-state index >= 15 is 0 Å². The highest BCUT2D eigenvalue weighted by Crippen LogP contribution is 2.06. The molecule has 0 aliphatic carbocycles. The van der Waals surface area contributed by atoms with Crippen molar-refractivity contribution in [2.24, 2.45) is 5.73 Å². The molecule has 0 bridgehead atoms. The molecule has 0 heterocycles. The standard InChI is InChI=1S/C7H9BNO2/c9-6-10-8-11-7-4-2-1-3-5-7/h1-5H,6,9H2. The Kier molecular flexibility index (Phi) is 3.51. The van der Waals surface area contributed by atoms with Crippen LogP contribution in [-0.4, -0.2) is 14.4 Å². The highest BCUT2D eigenvalue weighted by atomic mass is 16.6. The van der Waals surface area contributed by atoms with Gasteiger partial charge in [0.25, 0.3) is 0 Å². The molecule has 2 N–H and O–H groups in total. The van der Waals surface area contributed by atoms with Crippen LogP contribution in [0.2, 0.25) is 0 Å². The predicted molar refractivity (Wildman–Crippen MR) is 43.0 cm³/mol. The Morgan fingerprint density at radius 2 is 2.00 bits per heavy atom. The van der Waals surface area contributed by atoms with E-state index in [0.717, 1.165) is 5.75 Å². The van der Waals surface area contributed by atoms with Crippen molar-refractivity contribution in [2.75, 3.05) is 6.73 Å². The molecule has 4 heteroatoms. The van der Waals surface area contributed by atoms with Crippen LogP contribution in [0.25, 0.3) is 0 Å². The zero-order chi connectivity index (χ0) is 7.94. The largest absolute Gasteiger partial charge is 0.573 e. The molecular formula is C7H9BNO2. The van der Waals surface area contributed by atoms with Gasteiger partial charge >= 0.3 is 7.69 Å². The van der Waals surface area contributed by atoms with E-state index in [9.17, 15) is 0 Å². The number of rotatable bonds is 4.